The molecule has 2 aromatic rings. The third-order valence-corrected chi connectivity index (χ3v) is 5.38. The highest BCUT2D eigenvalue weighted by Gasteiger charge is 2.34. The Morgan fingerprint density at radius 1 is 1.19 bits per heavy atom. The fourth-order valence-electron chi connectivity index (χ4n) is 3.34. The molecule has 0 spiro atoms. The van der Waals surface area contributed by atoms with E-state index in [1.165, 1.54) is 35.3 Å². The largest absolute Gasteiger partial charge is 0.490 e. The zero-order chi connectivity index (χ0) is 25.9. The second-order valence-electron chi connectivity index (χ2n) is 7.57. The summed E-state index contributed by atoms with van der Waals surface area (Å²) in [5.74, 6) is -0.968. The van der Waals surface area contributed by atoms with Crippen molar-refractivity contribution in [1.29, 1.82) is 0 Å². The fourth-order valence-corrected chi connectivity index (χ4v) is 3.66. The van der Waals surface area contributed by atoms with Crippen LogP contribution in [0.4, 0.5) is 5.69 Å². The third kappa shape index (κ3) is 7.87. The number of piperazine rings is 1. The van der Waals surface area contributed by atoms with Crippen molar-refractivity contribution in [3.8, 4) is 5.75 Å². The lowest BCUT2D eigenvalue weighted by atomic mass is 10.1. The van der Waals surface area contributed by atoms with Gasteiger partial charge in [-0.05, 0) is 36.0 Å². The predicted octanol–water partition coefficient (Wildman–Crippen LogP) is 1.82. The van der Waals surface area contributed by atoms with Gasteiger partial charge in [0, 0.05) is 31.3 Å². The summed E-state index contributed by atoms with van der Waals surface area (Å²) in [4.78, 5) is 48.9. The van der Waals surface area contributed by atoms with Crippen molar-refractivity contribution in [3.63, 3.8) is 0 Å². The van der Waals surface area contributed by atoms with Gasteiger partial charge in [0.2, 0.25) is 11.8 Å². The molecular weight excluding hydrogens is 488 g/mol. The molecule has 2 amide bonds. The van der Waals surface area contributed by atoms with E-state index in [1.807, 2.05) is 18.2 Å². The molecule has 0 aliphatic carbocycles. The van der Waals surface area contributed by atoms with Crippen molar-refractivity contribution in [2.45, 2.75) is 12.5 Å². The highest BCUT2D eigenvalue weighted by molar-refractivity contribution is 7.80. The van der Waals surface area contributed by atoms with E-state index in [-0.39, 0.29) is 43.5 Å². The van der Waals surface area contributed by atoms with Crippen LogP contribution in [0.25, 0.3) is 6.08 Å². The number of para-hydroxylation sites is 1. The van der Waals surface area contributed by atoms with E-state index in [2.05, 4.69) is 10.6 Å². The van der Waals surface area contributed by atoms with E-state index in [1.54, 1.807) is 18.2 Å². The Morgan fingerprint density at radius 2 is 1.97 bits per heavy atom. The molecule has 0 radical (unpaired) electrons. The number of esters is 1. The third-order valence-electron chi connectivity index (χ3n) is 5.05. The number of hydrogen-bond donors (Lipinski definition) is 2. The van der Waals surface area contributed by atoms with Crippen molar-refractivity contribution in [2.75, 3.05) is 26.3 Å². The van der Waals surface area contributed by atoms with Gasteiger partial charge >= 0.3 is 5.97 Å². The van der Waals surface area contributed by atoms with E-state index in [4.69, 9.17) is 21.7 Å². The number of nitrogens with one attached hydrogen (secondary N) is 2. The summed E-state index contributed by atoms with van der Waals surface area (Å²) in [6.45, 7) is 0.733. The molecule has 11 nitrogen and oxygen atoms in total. The predicted molar refractivity (Wildman–Crippen MR) is 134 cm³/mol. The van der Waals surface area contributed by atoms with Crippen molar-refractivity contribution in [2.24, 2.45) is 0 Å². The molecule has 1 heterocycles. The number of ether oxygens (including phenoxy) is 2. The first-order valence-electron chi connectivity index (χ1n) is 11.0. The van der Waals surface area contributed by atoms with Gasteiger partial charge in [-0.25, -0.2) is 0 Å². The van der Waals surface area contributed by atoms with Crippen LogP contribution in [0.3, 0.4) is 0 Å². The van der Waals surface area contributed by atoms with Gasteiger partial charge in [-0.15, -0.1) is 0 Å². The second-order valence-corrected chi connectivity index (χ2v) is 7.95. The molecule has 1 aliphatic heterocycles. The number of nitrogens with zero attached hydrogens (tertiary/aromatic N) is 2. The maximum Gasteiger partial charge on any atom is 0.308 e. The number of nitro benzene ring substituents is 1. The maximum absolute atomic E-state index is 12.4. The molecule has 2 aromatic carbocycles. The Morgan fingerprint density at radius 3 is 2.72 bits per heavy atom. The molecule has 1 saturated heterocycles. The van der Waals surface area contributed by atoms with E-state index < -0.39 is 28.7 Å². The Balaban J connectivity index is 1.51. The van der Waals surface area contributed by atoms with Crippen molar-refractivity contribution >= 4 is 46.9 Å². The number of rotatable bonds is 9. The van der Waals surface area contributed by atoms with Gasteiger partial charge in [0.05, 0.1) is 11.3 Å². The van der Waals surface area contributed by atoms with Crippen LogP contribution in [0.2, 0.25) is 0 Å². The molecule has 1 atom stereocenters. The van der Waals surface area contributed by atoms with Crippen LogP contribution in [0, 0.1) is 10.1 Å². The number of carbonyl (C=O) groups excluding carboxylic acids is 3. The van der Waals surface area contributed by atoms with Gasteiger partial charge in [-0.2, -0.15) is 0 Å². The van der Waals surface area contributed by atoms with Gasteiger partial charge in [-0.1, -0.05) is 30.3 Å². The van der Waals surface area contributed by atoms with E-state index >= 15 is 0 Å². The molecule has 3 rings (SSSR count). The number of hydrogen-bond acceptors (Lipinski definition) is 8. The first kappa shape index (κ1) is 26.3. The number of amides is 2. The second kappa shape index (κ2) is 13.0. The standard InChI is InChI=1S/C24H24N4O7S/c29-21(10-9-17-5-4-6-18(15-17)28(32)33)26-24(36)27-12-11-25-23(31)20(27)16-22(30)35-14-13-34-19-7-2-1-3-8-19/h1-10,15,20H,11-14,16H2,(H,25,31)(H,26,29,36)/b10-9+. The van der Waals surface area contributed by atoms with Gasteiger partial charge in [0.15, 0.2) is 5.11 Å². The average molecular weight is 513 g/mol. The summed E-state index contributed by atoms with van der Waals surface area (Å²) < 4.78 is 10.6. The fraction of sp³-hybridized carbons (Fsp3) is 0.250. The van der Waals surface area contributed by atoms with Gasteiger partial charge < -0.3 is 19.7 Å². The zero-order valence-electron chi connectivity index (χ0n) is 19.1. The van der Waals surface area contributed by atoms with Crippen LogP contribution in [0.15, 0.2) is 60.7 Å². The topological polar surface area (TPSA) is 140 Å². The number of thiocarbonyl (C=S) groups is 1. The molecule has 2 N–H and O–H groups in total. The highest BCUT2D eigenvalue weighted by Crippen LogP contribution is 2.14. The van der Waals surface area contributed by atoms with Crippen LogP contribution < -0.4 is 15.4 Å². The highest BCUT2D eigenvalue weighted by atomic mass is 32.1. The molecule has 0 aromatic heterocycles. The Kier molecular flexibility index (Phi) is 9.46. The molecule has 1 unspecified atom stereocenters. The van der Waals surface area contributed by atoms with E-state index in [0.717, 1.165) is 0 Å². The van der Waals surface area contributed by atoms with Crippen LogP contribution in [-0.4, -0.2) is 65.1 Å². The lowest BCUT2D eigenvalue weighted by molar-refractivity contribution is -0.384. The minimum Gasteiger partial charge on any atom is -0.490 e. The summed E-state index contributed by atoms with van der Waals surface area (Å²) in [7, 11) is 0. The van der Waals surface area contributed by atoms with E-state index in [0.29, 0.717) is 11.3 Å². The van der Waals surface area contributed by atoms with Crippen molar-refractivity contribution in [3.05, 3.63) is 76.4 Å². The summed E-state index contributed by atoms with van der Waals surface area (Å²) in [6.07, 6.45) is 2.31. The lowest BCUT2D eigenvalue weighted by Gasteiger charge is -2.36. The minimum absolute atomic E-state index is 0.00565. The van der Waals surface area contributed by atoms with Crippen LogP contribution >= 0.6 is 12.2 Å². The monoisotopic (exact) mass is 512 g/mol. The normalized spacial score (nSPS) is 15.2. The summed E-state index contributed by atoms with van der Waals surface area (Å²) in [5.41, 5.74) is 0.355. The smallest absolute Gasteiger partial charge is 0.308 e. The first-order valence-corrected chi connectivity index (χ1v) is 11.4. The molecule has 188 valence electrons. The Bertz CT molecular complexity index is 1160. The van der Waals surface area contributed by atoms with Crippen molar-refractivity contribution in [1.82, 2.24) is 15.5 Å². The summed E-state index contributed by atoms with van der Waals surface area (Å²) in [5, 5.41) is 16.0. The minimum atomic E-state index is -0.949. The lowest BCUT2D eigenvalue weighted by Crippen LogP contribution is -2.60. The zero-order valence-corrected chi connectivity index (χ0v) is 19.9. The van der Waals surface area contributed by atoms with Gasteiger partial charge in [0.1, 0.15) is 25.0 Å². The first-order chi connectivity index (χ1) is 17.3. The summed E-state index contributed by atoms with van der Waals surface area (Å²) >= 11 is 5.30. The molecule has 1 fully saturated rings. The molecule has 12 heteroatoms. The van der Waals surface area contributed by atoms with Crippen molar-refractivity contribution < 1.29 is 28.8 Å². The quantitative estimate of drug-likeness (QED) is 0.129. The average Bonchev–Trinajstić information content (AvgIpc) is 2.87. The molecule has 0 saturated carbocycles. The van der Waals surface area contributed by atoms with Crippen LogP contribution in [0.5, 0.6) is 5.75 Å². The Hall–Kier alpha value is -4.32. The Labute approximate surface area is 212 Å². The number of benzene rings is 2. The van der Waals surface area contributed by atoms with Gasteiger partial charge in [-0.3, -0.25) is 29.8 Å². The molecule has 36 heavy (non-hydrogen) atoms. The van der Waals surface area contributed by atoms with Crippen LogP contribution in [0.1, 0.15) is 12.0 Å². The molecular formula is C24H24N4O7S. The van der Waals surface area contributed by atoms with Crippen LogP contribution in [-0.2, 0) is 19.1 Å². The van der Waals surface area contributed by atoms with Gasteiger partial charge in [0.25, 0.3) is 5.69 Å². The molecule has 1 aliphatic rings. The SMILES string of the molecule is O=C(/C=C/c1cccc([N+](=O)[O-])c1)NC(=S)N1CCNC(=O)C1CC(=O)OCCOc1ccccc1. The maximum atomic E-state index is 12.4. The number of carbonyl (C=O) groups is 3. The number of non-ortho nitro benzene ring substituents is 1. The summed E-state index contributed by atoms with van der Waals surface area (Å²) in [6, 6.07) is 13.9. The molecule has 0 bridgehead atoms. The number of nitro groups is 1. The van der Waals surface area contributed by atoms with E-state index in [9.17, 15) is 24.5 Å².